The number of anilines is 1. The van der Waals surface area contributed by atoms with Crippen LogP contribution in [-0.4, -0.2) is 21.4 Å². The smallest absolute Gasteiger partial charge is 0.115 e. The van der Waals surface area contributed by atoms with Crippen LogP contribution in [0.15, 0.2) is 73.9 Å². The average molecular weight is 436 g/mol. The number of aliphatic hydroxyl groups excluding tert-OH is 1. The fraction of sp³-hybridized carbons (Fsp3) is 0.207. The Labute approximate surface area is 195 Å². The second kappa shape index (κ2) is 8.28. The minimum Gasteiger partial charge on any atom is -0.508 e. The summed E-state index contributed by atoms with van der Waals surface area (Å²) in [4.78, 5) is 2.23. The van der Waals surface area contributed by atoms with Gasteiger partial charge in [0.25, 0.3) is 0 Å². The second-order valence-corrected chi connectivity index (χ2v) is 8.89. The summed E-state index contributed by atoms with van der Waals surface area (Å²) in [6.07, 6.45) is 9.32. The van der Waals surface area contributed by atoms with Gasteiger partial charge < -0.3 is 10.0 Å². The van der Waals surface area contributed by atoms with Gasteiger partial charge in [-0.05, 0) is 86.2 Å². The molecule has 1 aromatic heterocycles. The van der Waals surface area contributed by atoms with E-state index in [1.807, 2.05) is 18.2 Å². The molecule has 5 rings (SSSR count). The first-order chi connectivity index (χ1) is 15.9. The maximum absolute atomic E-state index is 9.75. The SMILES string of the molecule is C=C(O)c1ccc2c(c1)CCN2C(=C)c1cc2n(n1)/C(c1ccc(C)c(C)c1)=C\C=C/CC2. The largest absolute Gasteiger partial charge is 0.508 e. The number of aliphatic hydroxyl groups is 1. The number of nitrogens with zero attached hydrogens (tertiary/aromatic N) is 3. The molecule has 0 aliphatic carbocycles. The normalized spacial score (nSPS) is 17.4. The molecule has 3 aromatic rings. The standard InChI is InChI=1S/C29H29N3O/c1-19-10-11-24(16-20(19)2)29-9-7-5-6-8-26-18-27(30-32(26)29)21(3)31-15-14-25-17-23(22(4)33)12-13-28(25)31/h5,7,9-13,16-18,33H,3-4,6,8,14-15H2,1-2H3/b7-5-,29-9-. The quantitative estimate of drug-likeness (QED) is 0.479. The average Bonchev–Trinajstić information content (AvgIpc) is 3.39. The topological polar surface area (TPSA) is 41.3 Å². The number of rotatable bonds is 4. The van der Waals surface area contributed by atoms with Crippen molar-refractivity contribution < 1.29 is 5.11 Å². The molecule has 0 saturated heterocycles. The van der Waals surface area contributed by atoms with E-state index >= 15 is 0 Å². The number of fused-ring (bicyclic) bond motifs is 2. The molecule has 0 amide bonds. The molecule has 0 saturated carbocycles. The summed E-state index contributed by atoms with van der Waals surface area (Å²) >= 11 is 0. The number of aryl methyl sites for hydroxylation is 3. The lowest BCUT2D eigenvalue weighted by molar-refractivity contribution is 0.514. The molecule has 4 nitrogen and oxygen atoms in total. The predicted molar refractivity (Wildman–Crippen MR) is 137 cm³/mol. The van der Waals surface area contributed by atoms with Gasteiger partial charge in [0.1, 0.15) is 11.5 Å². The molecule has 0 spiro atoms. The van der Waals surface area contributed by atoms with Crippen LogP contribution in [-0.2, 0) is 12.8 Å². The van der Waals surface area contributed by atoms with Crippen LogP contribution >= 0.6 is 0 Å². The van der Waals surface area contributed by atoms with Gasteiger partial charge in [-0.25, -0.2) is 4.68 Å². The number of allylic oxidation sites excluding steroid dienone is 3. The highest BCUT2D eigenvalue weighted by atomic mass is 16.3. The summed E-state index contributed by atoms with van der Waals surface area (Å²) in [6.45, 7) is 13.2. The molecule has 2 aromatic carbocycles. The summed E-state index contributed by atoms with van der Waals surface area (Å²) in [6, 6.07) is 14.7. The number of hydrogen-bond donors (Lipinski definition) is 1. The Morgan fingerprint density at radius 3 is 2.64 bits per heavy atom. The van der Waals surface area contributed by atoms with E-state index in [1.165, 1.54) is 22.4 Å². The van der Waals surface area contributed by atoms with Gasteiger partial charge in [-0.1, -0.05) is 37.4 Å². The van der Waals surface area contributed by atoms with Crippen LogP contribution in [0.2, 0.25) is 0 Å². The summed E-state index contributed by atoms with van der Waals surface area (Å²) < 4.78 is 2.09. The summed E-state index contributed by atoms with van der Waals surface area (Å²) in [7, 11) is 0. The predicted octanol–water partition coefficient (Wildman–Crippen LogP) is 6.45. The third-order valence-corrected chi connectivity index (χ3v) is 6.70. The molecule has 33 heavy (non-hydrogen) atoms. The molecule has 0 atom stereocenters. The first kappa shape index (κ1) is 21.1. The van der Waals surface area contributed by atoms with Crippen LogP contribution in [0.1, 0.15) is 45.6 Å². The van der Waals surface area contributed by atoms with E-state index in [9.17, 15) is 5.11 Å². The fourth-order valence-electron chi connectivity index (χ4n) is 4.62. The van der Waals surface area contributed by atoms with Crippen molar-refractivity contribution in [2.45, 2.75) is 33.1 Å². The highest BCUT2D eigenvalue weighted by Gasteiger charge is 2.25. The molecule has 0 unspecified atom stereocenters. The second-order valence-electron chi connectivity index (χ2n) is 8.89. The molecule has 0 radical (unpaired) electrons. The lowest BCUT2D eigenvalue weighted by Gasteiger charge is -2.21. The first-order valence-corrected chi connectivity index (χ1v) is 11.4. The van der Waals surface area contributed by atoms with Crippen molar-refractivity contribution >= 4 is 22.8 Å². The highest BCUT2D eigenvalue weighted by molar-refractivity contribution is 5.81. The van der Waals surface area contributed by atoms with Crippen molar-refractivity contribution in [2.24, 2.45) is 0 Å². The molecular formula is C29H29N3O. The summed E-state index contributed by atoms with van der Waals surface area (Å²) in [5, 5.41) is 14.8. The Balaban J connectivity index is 1.51. The summed E-state index contributed by atoms with van der Waals surface area (Å²) in [5.41, 5.74) is 10.9. The van der Waals surface area contributed by atoms with Crippen LogP contribution in [0.25, 0.3) is 17.2 Å². The molecular weight excluding hydrogens is 406 g/mol. The minimum absolute atomic E-state index is 0.100. The molecule has 3 heterocycles. The molecule has 2 aliphatic rings. The van der Waals surface area contributed by atoms with Crippen molar-refractivity contribution in [3.8, 4) is 0 Å². The van der Waals surface area contributed by atoms with Crippen molar-refractivity contribution in [2.75, 3.05) is 11.4 Å². The lowest BCUT2D eigenvalue weighted by Crippen LogP contribution is -2.18. The summed E-state index contributed by atoms with van der Waals surface area (Å²) in [5.74, 6) is 0.100. The van der Waals surface area contributed by atoms with Crippen LogP contribution < -0.4 is 4.90 Å². The van der Waals surface area contributed by atoms with Gasteiger partial charge in [-0.2, -0.15) is 5.10 Å². The van der Waals surface area contributed by atoms with Crippen molar-refractivity contribution in [3.05, 3.63) is 113 Å². The van der Waals surface area contributed by atoms with E-state index in [0.29, 0.717) is 0 Å². The van der Waals surface area contributed by atoms with E-state index in [0.717, 1.165) is 59.7 Å². The monoisotopic (exact) mass is 435 g/mol. The zero-order valence-electron chi connectivity index (χ0n) is 19.3. The van der Waals surface area contributed by atoms with Crippen molar-refractivity contribution in [1.82, 2.24) is 9.78 Å². The third kappa shape index (κ3) is 3.82. The van der Waals surface area contributed by atoms with Crippen LogP contribution in [0.4, 0.5) is 5.69 Å². The molecule has 0 bridgehead atoms. The zero-order valence-corrected chi connectivity index (χ0v) is 19.3. The Hall–Kier alpha value is -3.79. The lowest BCUT2D eigenvalue weighted by atomic mass is 10.0. The van der Waals surface area contributed by atoms with E-state index in [2.05, 4.69) is 79.1 Å². The van der Waals surface area contributed by atoms with E-state index in [1.54, 1.807) is 0 Å². The molecule has 1 N–H and O–H groups in total. The maximum atomic E-state index is 9.75. The third-order valence-electron chi connectivity index (χ3n) is 6.70. The van der Waals surface area contributed by atoms with E-state index in [-0.39, 0.29) is 5.76 Å². The Kier molecular flexibility index (Phi) is 5.29. The van der Waals surface area contributed by atoms with Crippen molar-refractivity contribution in [1.29, 1.82) is 0 Å². The van der Waals surface area contributed by atoms with Crippen LogP contribution in [0, 0.1) is 13.8 Å². The van der Waals surface area contributed by atoms with Crippen LogP contribution in [0.5, 0.6) is 0 Å². The van der Waals surface area contributed by atoms with Crippen molar-refractivity contribution in [3.63, 3.8) is 0 Å². The van der Waals surface area contributed by atoms with E-state index in [4.69, 9.17) is 5.10 Å². The minimum atomic E-state index is 0.100. The van der Waals surface area contributed by atoms with Gasteiger partial charge in [0.05, 0.1) is 11.4 Å². The number of hydrogen-bond acceptors (Lipinski definition) is 3. The van der Waals surface area contributed by atoms with Crippen LogP contribution in [0.3, 0.4) is 0 Å². The van der Waals surface area contributed by atoms with E-state index < -0.39 is 0 Å². The van der Waals surface area contributed by atoms with Gasteiger partial charge >= 0.3 is 0 Å². The van der Waals surface area contributed by atoms with Gasteiger partial charge in [-0.15, -0.1) is 0 Å². The number of benzene rings is 2. The Morgan fingerprint density at radius 2 is 1.85 bits per heavy atom. The molecule has 4 heteroatoms. The number of aromatic nitrogens is 2. The fourth-order valence-corrected chi connectivity index (χ4v) is 4.62. The Bertz CT molecular complexity index is 1340. The van der Waals surface area contributed by atoms with Gasteiger partial charge in [0.15, 0.2) is 0 Å². The molecule has 0 fully saturated rings. The zero-order chi connectivity index (χ0) is 23.1. The first-order valence-electron chi connectivity index (χ1n) is 11.4. The maximum Gasteiger partial charge on any atom is 0.115 e. The Morgan fingerprint density at radius 1 is 1.00 bits per heavy atom. The van der Waals surface area contributed by atoms with Gasteiger partial charge in [-0.3, -0.25) is 0 Å². The molecule has 166 valence electrons. The van der Waals surface area contributed by atoms with Gasteiger partial charge in [0, 0.05) is 29.1 Å². The molecule has 2 aliphatic heterocycles. The highest BCUT2D eigenvalue weighted by Crippen LogP contribution is 2.36. The van der Waals surface area contributed by atoms with Gasteiger partial charge in [0.2, 0.25) is 0 Å².